The Bertz CT molecular complexity index is 121. The summed E-state index contributed by atoms with van der Waals surface area (Å²) in [5.41, 5.74) is 5.76. The molecule has 2 heteroatoms. The summed E-state index contributed by atoms with van der Waals surface area (Å²) in [6.07, 6.45) is 7.51. The van der Waals surface area contributed by atoms with Crippen molar-refractivity contribution in [2.24, 2.45) is 11.7 Å². The van der Waals surface area contributed by atoms with Gasteiger partial charge in [-0.25, -0.2) is 0 Å². The highest BCUT2D eigenvalue weighted by molar-refractivity contribution is 4.95. The molecule has 71 valence electrons. The number of hydrogen-bond donors (Lipinski definition) is 2. The molecule has 0 aromatic rings. The van der Waals surface area contributed by atoms with Crippen LogP contribution >= 0.6 is 0 Å². The fourth-order valence-corrected chi connectivity index (χ4v) is 1.91. The van der Waals surface area contributed by atoms with E-state index in [1.807, 2.05) is 6.92 Å². The van der Waals surface area contributed by atoms with E-state index in [2.05, 4.69) is 0 Å². The van der Waals surface area contributed by atoms with Gasteiger partial charge in [-0.2, -0.15) is 0 Å². The van der Waals surface area contributed by atoms with Crippen LogP contribution in [-0.4, -0.2) is 11.1 Å². The zero-order valence-corrected chi connectivity index (χ0v) is 7.92. The highest BCUT2D eigenvalue weighted by Crippen LogP contribution is 2.31. The Balaban J connectivity index is 2.33. The maximum Gasteiger partial charge on any atom is 0.113 e. The second-order valence-corrected chi connectivity index (χ2v) is 3.77. The summed E-state index contributed by atoms with van der Waals surface area (Å²) >= 11 is 0. The van der Waals surface area contributed by atoms with Gasteiger partial charge < -0.3 is 10.8 Å². The monoisotopic (exact) mass is 170 g/mol. The molecule has 0 amide bonds. The molecular formula is C10H20NO. The summed E-state index contributed by atoms with van der Waals surface area (Å²) in [6.45, 7) is 2.02. The molecule has 1 saturated carbocycles. The minimum atomic E-state index is -0.0897. The molecule has 2 nitrogen and oxygen atoms in total. The van der Waals surface area contributed by atoms with E-state index in [-0.39, 0.29) is 6.04 Å². The van der Waals surface area contributed by atoms with Crippen LogP contribution in [0.15, 0.2) is 0 Å². The van der Waals surface area contributed by atoms with E-state index in [4.69, 9.17) is 5.73 Å². The number of nitrogens with two attached hydrogens (primary N) is 1. The van der Waals surface area contributed by atoms with Crippen LogP contribution in [0.2, 0.25) is 0 Å². The number of hydrogen-bond acceptors (Lipinski definition) is 2. The second kappa shape index (κ2) is 4.83. The Hall–Kier alpha value is -0.0800. The van der Waals surface area contributed by atoms with Gasteiger partial charge in [0.2, 0.25) is 0 Å². The van der Waals surface area contributed by atoms with Gasteiger partial charge in [-0.15, -0.1) is 0 Å². The molecule has 0 heterocycles. The second-order valence-electron chi connectivity index (χ2n) is 3.77. The molecule has 0 bridgehead atoms. The lowest BCUT2D eigenvalue weighted by atomic mass is 9.82. The largest absolute Gasteiger partial charge is 0.385 e. The molecule has 1 fully saturated rings. The van der Waals surface area contributed by atoms with Gasteiger partial charge >= 0.3 is 0 Å². The van der Waals surface area contributed by atoms with Crippen molar-refractivity contribution < 1.29 is 5.11 Å². The van der Waals surface area contributed by atoms with Crippen molar-refractivity contribution >= 4 is 0 Å². The molecular weight excluding hydrogens is 150 g/mol. The van der Waals surface area contributed by atoms with Crippen LogP contribution in [0.4, 0.5) is 0 Å². The molecule has 1 radical (unpaired) electrons. The highest BCUT2D eigenvalue weighted by atomic mass is 16.3. The molecule has 0 aromatic carbocycles. The molecule has 1 rings (SSSR count). The molecule has 12 heavy (non-hydrogen) atoms. The lowest BCUT2D eigenvalue weighted by Gasteiger charge is -2.28. The van der Waals surface area contributed by atoms with Crippen molar-refractivity contribution in [2.45, 2.75) is 51.5 Å². The van der Waals surface area contributed by atoms with Crippen LogP contribution in [0.3, 0.4) is 0 Å². The Kier molecular flexibility index (Phi) is 4.02. The van der Waals surface area contributed by atoms with Crippen molar-refractivity contribution in [2.75, 3.05) is 0 Å². The first kappa shape index (κ1) is 10.0. The number of aliphatic hydroxyl groups excluding tert-OH is 1. The Morgan fingerprint density at radius 1 is 1.42 bits per heavy atom. The van der Waals surface area contributed by atoms with E-state index in [0.717, 1.165) is 19.3 Å². The summed E-state index contributed by atoms with van der Waals surface area (Å²) in [5.74, 6) is 0.397. The van der Waals surface area contributed by atoms with Crippen molar-refractivity contribution in [3.63, 3.8) is 0 Å². The third kappa shape index (κ3) is 2.46. The molecule has 1 unspecified atom stereocenters. The van der Waals surface area contributed by atoms with Crippen molar-refractivity contribution in [3.8, 4) is 0 Å². The molecule has 1 aliphatic carbocycles. The summed E-state index contributed by atoms with van der Waals surface area (Å²) in [6, 6.07) is -0.0897. The van der Waals surface area contributed by atoms with E-state index in [0.29, 0.717) is 12.0 Å². The Morgan fingerprint density at radius 3 is 2.50 bits per heavy atom. The fourth-order valence-electron chi connectivity index (χ4n) is 1.91. The maximum absolute atomic E-state index is 9.73. The first-order valence-electron chi connectivity index (χ1n) is 5.07. The Labute approximate surface area is 75.2 Å². The van der Waals surface area contributed by atoms with Crippen LogP contribution in [0, 0.1) is 12.0 Å². The summed E-state index contributed by atoms with van der Waals surface area (Å²) in [5, 5.41) is 9.73. The third-order valence-electron chi connectivity index (χ3n) is 2.84. The summed E-state index contributed by atoms with van der Waals surface area (Å²) in [4.78, 5) is 0. The van der Waals surface area contributed by atoms with E-state index < -0.39 is 0 Å². The van der Waals surface area contributed by atoms with Crippen molar-refractivity contribution in [1.29, 1.82) is 0 Å². The zero-order valence-electron chi connectivity index (χ0n) is 7.92. The number of aliphatic hydroxyl groups is 1. The first-order chi connectivity index (χ1) is 5.75. The minimum Gasteiger partial charge on any atom is -0.385 e. The van der Waals surface area contributed by atoms with E-state index in [9.17, 15) is 5.11 Å². The third-order valence-corrected chi connectivity index (χ3v) is 2.84. The SMILES string of the molecule is CCC(N)[C](O)C1CCCCC1. The lowest BCUT2D eigenvalue weighted by molar-refractivity contribution is 0.163. The molecule has 1 aliphatic rings. The predicted octanol–water partition coefficient (Wildman–Crippen LogP) is 2.21. The van der Waals surface area contributed by atoms with E-state index in [1.165, 1.54) is 19.3 Å². The predicted molar refractivity (Wildman–Crippen MR) is 50.0 cm³/mol. The van der Waals surface area contributed by atoms with Gasteiger partial charge in [0.05, 0.1) is 0 Å². The smallest absolute Gasteiger partial charge is 0.113 e. The van der Waals surface area contributed by atoms with Gasteiger partial charge in [-0.05, 0) is 25.2 Å². The standard InChI is InChI=1S/C10H20NO/c1-2-9(11)10(12)8-6-4-3-5-7-8/h8-9,12H,2-7,11H2,1H3. The van der Waals surface area contributed by atoms with Crippen molar-refractivity contribution in [1.82, 2.24) is 0 Å². The molecule has 1 atom stereocenters. The average Bonchev–Trinajstić information content (AvgIpc) is 2.17. The normalized spacial score (nSPS) is 23.0. The topological polar surface area (TPSA) is 46.2 Å². The molecule has 0 saturated heterocycles. The molecule has 3 N–H and O–H groups in total. The minimum absolute atomic E-state index is 0.0897. The van der Waals surface area contributed by atoms with Crippen LogP contribution in [0.25, 0.3) is 0 Å². The quantitative estimate of drug-likeness (QED) is 0.682. The zero-order chi connectivity index (χ0) is 8.97. The van der Waals surface area contributed by atoms with Crippen LogP contribution < -0.4 is 5.73 Å². The van der Waals surface area contributed by atoms with Crippen LogP contribution in [0.1, 0.15) is 45.4 Å². The van der Waals surface area contributed by atoms with Gasteiger partial charge in [0.25, 0.3) is 0 Å². The van der Waals surface area contributed by atoms with Crippen molar-refractivity contribution in [3.05, 3.63) is 6.10 Å². The van der Waals surface area contributed by atoms with Gasteiger partial charge in [-0.1, -0.05) is 26.2 Å². The number of rotatable bonds is 3. The van der Waals surface area contributed by atoms with Gasteiger partial charge in [-0.3, -0.25) is 0 Å². The summed E-state index contributed by atoms with van der Waals surface area (Å²) in [7, 11) is 0. The van der Waals surface area contributed by atoms with Gasteiger partial charge in [0.1, 0.15) is 6.10 Å². The first-order valence-corrected chi connectivity index (χ1v) is 5.07. The molecule has 0 spiro atoms. The van der Waals surface area contributed by atoms with Gasteiger partial charge in [0.15, 0.2) is 0 Å². The average molecular weight is 170 g/mol. The molecule has 0 aliphatic heterocycles. The lowest BCUT2D eigenvalue weighted by Crippen LogP contribution is -2.33. The van der Waals surface area contributed by atoms with E-state index in [1.54, 1.807) is 0 Å². The molecule has 0 aromatic heterocycles. The Morgan fingerprint density at radius 2 is 2.00 bits per heavy atom. The van der Waals surface area contributed by atoms with E-state index >= 15 is 0 Å². The van der Waals surface area contributed by atoms with Gasteiger partial charge in [0, 0.05) is 6.04 Å². The van der Waals surface area contributed by atoms with Crippen LogP contribution in [0.5, 0.6) is 0 Å². The van der Waals surface area contributed by atoms with Crippen LogP contribution in [-0.2, 0) is 0 Å². The maximum atomic E-state index is 9.73. The summed E-state index contributed by atoms with van der Waals surface area (Å²) < 4.78 is 0. The fraction of sp³-hybridized carbons (Fsp3) is 0.900. The highest BCUT2D eigenvalue weighted by Gasteiger charge is 2.26.